The number of aliphatic hydroxyl groups excluding tert-OH is 1. The van der Waals surface area contributed by atoms with Gasteiger partial charge in [-0.2, -0.15) is 5.10 Å². The fourth-order valence-electron chi connectivity index (χ4n) is 1.07. The van der Waals surface area contributed by atoms with Crippen LogP contribution in [0.1, 0.15) is 16.5 Å². The molecular formula is C7H10IN3O3. The number of carboxylic acid groups (broad SMARTS) is 1. The first-order valence-electron chi connectivity index (χ1n) is 3.89. The van der Waals surface area contributed by atoms with Gasteiger partial charge in [-0.05, 0) is 22.6 Å². The molecule has 0 amide bonds. The lowest BCUT2D eigenvalue weighted by molar-refractivity contribution is 0.0676. The van der Waals surface area contributed by atoms with E-state index in [4.69, 9.17) is 15.9 Å². The fraction of sp³-hybridized carbons (Fsp3) is 0.429. The van der Waals surface area contributed by atoms with Crippen LogP contribution in [0.5, 0.6) is 0 Å². The summed E-state index contributed by atoms with van der Waals surface area (Å²) in [5, 5.41) is 21.7. The van der Waals surface area contributed by atoms with Crippen LogP contribution in [0.4, 0.5) is 0 Å². The molecule has 0 saturated carbocycles. The SMILES string of the molecule is NCC(CO)n1ncc(I)c1C(=O)O. The van der Waals surface area contributed by atoms with E-state index in [0.717, 1.165) is 0 Å². The number of carbonyl (C=O) groups is 1. The molecule has 1 aromatic rings. The second kappa shape index (κ2) is 4.71. The zero-order chi connectivity index (χ0) is 10.7. The van der Waals surface area contributed by atoms with Crippen LogP contribution in [0.3, 0.4) is 0 Å². The Labute approximate surface area is 93.9 Å². The third kappa shape index (κ3) is 2.04. The number of carboxylic acids is 1. The summed E-state index contributed by atoms with van der Waals surface area (Å²) in [5.74, 6) is -1.07. The van der Waals surface area contributed by atoms with Gasteiger partial charge in [-0.1, -0.05) is 0 Å². The molecule has 0 aromatic carbocycles. The summed E-state index contributed by atoms with van der Waals surface area (Å²) in [7, 11) is 0. The van der Waals surface area contributed by atoms with E-state index >= 15 is 0 Å². The monoisotopic (exact) mass is 311 g/mol. The van der Waals surface area contributed by atoms with Crippen molar-refractivity contribution in [1.82, 2.24) is 9.78 Å². The Kier molecular flexibility index (Phi) is 3.84. The van der Waals surface area contributed by atoms with Crippen LogP contribution >= 0.6 is 22.6 Å². The van der Waals surface area contributed by atoms with Crippen molar-refractivity contribution in [3.8, 4) is 0 Å². The number of nitrogens with zero attached hydrogens (tertiary/aromatic N) is 2. The first-order valence-corrected chi connectivity index (χ1v) is 4.97. The summed E-state index contributed by atoms with van der Waals surface area (Å²) < 4.78 is 1.77. The molecule has 1 heterocycles. The van der Waals surface area contributed by atoms with Gasteiger partial charge in [-0.25, -0.2) is 4.79 Å². The van der Waals surface area contributed by atoms with Crippen molar-refractivity contribution in [3.63, 3.8) is 0 Å². The van der Waals surface area contributed by atoms with Crippen molar-refractivity contribution in [2.45, 2.75) is 6.04 Å². The third-order valence-electron chi connectivity index (χ3n) is 1.78. The highest BCUT2D eigenvalue weighted by Crippen LogP contribution is 2.15. The van der Waals surface area contributed by atoms with E-state index in [1.807, 2.05) is 22.6 Å². The molecule has 0 aliphatic carbocycles. The van der Waals surface area contributed by atoms with Crippen LogP contribution in [0.2, 0.25) is 0 Å². The summed E-state index contributed by atoms with van der Waals surface area (Å²) in [5.41, 5.74) is 5.44. The van der Waals surface area contributed by atoms with E-state index in [9.17, 15) is 4.79 Å². The Morgan fingerprint density at radius 2 is 2.43 bits per heavy atom. The van der Waals surface area contributed by atoms with Gasteiger partial charge in [0.15, 0.2) is 5.69 Å². The maximum absolute atomic E-state index is 10.9. The molecular weight excluding hydrogens is 301 g/mol. The lowest BCUT2D eigenvalue weighted by Gasteiger charge is -2.13. The van der Waals surface area contributed by atoms with Crippen LogP contribution < -0.4 is 5.73 Å². The van der Waals surface area contributed by atoms with Crippen molar-refractivity contribution in [3.05, 3.63) is 15.5 Å². The van der Waals surface area contributed by atoms with Crippen molar-refractivity contribution in [2.75, 3.05) is 13.2 Å². The molecule has 14 heavy (non-hydrogen) atoms. The van der Waals surface area contributed by atoms with Gasteiger partial charge >= 0.3 is 5.97 Å². The second-order valence-corrected chi connectivity index (χ2v) is 3.83. The molecule has 6 nitrogen and oxygen atoms in total. The van der Waals surface area contributed by atoms with Gasteiger partial charge in [0.05, 0.1) is 22.4 Å². The van der Waals surface area contributed by atoms with E-state index in [0.29, 0.717) is 3.57 Å². The number of aromatic nitrogens is 2. The molecule has 0 radical (unpaired) electrons. The maximum atomic E-state index is 10.9. The molecule has 0 aliphatic rings. The molecule has 1 atom stereocenters. The second-order valence-electron chi connectivity index (χ2n) is 2.66. The highest BCUT2D eigenvalue weighted by atomic mass is 127. The standard InChI is InChI=1S/C7H10IN3O3/c8-5-2-10-11(4(1-9)3-12)6(5)7(13)14/h2,4,12H,1,3,9H2,(H,13,14). The van der Waals surface area contributed by atoms with E-state index < -0.39 is 12.0 Å². The Bertz CT molecular complexity index is 335. The van der Waals surface area contributed by atoms with Crippen molar-refractivity contribution in [2.24, 2.45) is 5.73 Å². The Morgan fingerprint density at radius 3 is 2.86 bits per heavy atom. The molecule has 0 spiro atoms. The first kappa shape index (κ1) is 11.4. The van der Waals surface area contributed by atoms with E-state index in [1.54, 1.807) is 0 Å². The summed E-state index contributed by atoms with van der Waals surface area (Å²) in [6.45, 7) is -0.0803. The predicted octanol–water partition coefficient (Wildman–Crippen LogP) is -0.322. The number of nitrogens with two attached hydrogens (primary N) is 1. The molecule has 0 fully saturated rings. The largest absolute Gasteiger partial charge is 0.476 e. The van der Waals surface area contributed by atoms with Crippen LogP contribution in [-0.4, -0.2) is 39.1 Å². The summed E-state index contributed by atoms with van der Waals surface area (Å²) in [4.78, 5) is 10.9. The maximum Gasteiger partial charge on any atom is 0.355 e. The molecule has 0 bridgehead atoms. The fourth-order valence-corrected chi connectivity index (χ4v) is 1.67. The Morgan fingerprint density at radius 1 is 1.79 bits per heavy atom. The van der Waals surface area contributed by atoms with Crippen molar-refractivity contribution in [1.29, 1.82) is 0 Å². The molecule has 78 valence electrons. The van der Waals surface area contributed by atoms with Gasteiger partial charge in [0.1, 0.15) is 0 Å². The molecule has 0 saturated heterocycles. The number of aliphatic hydroxyl groups is 1. The Balaban J connectivity index is 3.13. The molecule has 4 N–H and O–H groups in total. The van der Waals surface area contributed by atoms with Crippen LogP contribution in [0, 0.1) is 3.57 Å². The number of aromatic carboxylic acids is 1. The number of hydrogen-bond donors (Lipinski definition) is 3. The zero-order valence-corrected chi connectivity index (χ0v) is 9.38. The van der Waals surface area contributed by atoms with Gasteiger partial charge in [0.2, 0.25) is 0 Å². The highest BCUT2D eigenvalue weighted by molar-refractivity contribution is 14.1. The highest BCUT2D eigenvalue weighted by Gasteiger charge is 2.20. The van der Waals surface area contributed by atoms with Gasteiger partial charge in [0, 0.05) is 6.54 Å². The van der Waals surface area contributed by atoms with Gasteiger partial charge in [-0.3, -0.25) is 4.68 Å². The van der Waals surface area contributed by atoms with Crippen LogP contribution in [0.15, 0.2) is 6.20 Å². The molecule has 1 unspecified atom stereocenters. The zero-order valence-electron chi connectivity index (χ0n) is 7.22. The molecule has 7 heteroatoms. The predicted molar refractivity (Wildman–Crippen MR) is 57.1 cm³/mol. The van der Waals surface area contributed by atoms with E-state index in [1.165, 1.54) is 10.9 Å². The number of halogens is 1. The minimum atomic E-state index is -1.07. The normalized spacial score (nSPS) is 12.8. The number of rotatable bonds is 4. The summed E-state index contributed by atoms with van der Waals surface area (Å²) in [6, 6.07) is -0.482. The Hall–Kier alpha value is -0.670. The molecule has 1 rings (SSSR count). The molecule has 1 aromatic heterocycles. The average molecular weight is 311 g/mol. The van der Waals surface area contributed by atoms with Gasteiger partial charge in [0.25, 0.3) is 0 Å². The summed E-state index contributed by atoms with van der Waals surface area (Å²) >= 11 is 1.88. The third-order valence-corrected chi connectivity index (χ3v) is 2.57. The van der Waals surface area contributed by atoms with E-state index in [-0.39, 0.29) is 18.8 Å². The lowest BCUT2D eigenvalue weighted by atomic mass is 10.3. The van der Waals surface area contributed by atoms with Gasteiger partial charge in [-0.15, -0.1) is 0 Å². The van der Waals surface area contributed by atoms with E-state index in [2.05, 4.69) is 5.10 Å². The minimum Gasteiger partial charge on any atom is -0.476 e. The van der Waals surface area contributed by atoms with Crippen LogP contribution in [-0.2, 0) is 0 Å². The van der Waals surface area contributed by atoms with Crippen molar-refractivity contribution >= 4 is 28.6 Å². The van der Waals surface area contributed by atoms with Crippen molar-refractivity contribution < 1.29 is 15.0 Å². The van der Waals surface area contributed by atoms with Crippen LogP contribution in [0.25, 0.3) is 0 Å². The summed E-state index contributed by atoms with van der Waals surface area (Å²) in [6.07, 6.45) is 1.43. The first-order chi connectivity index (χ1) is 6.61. The number of hydrogen-bond acceptors (Lipinski definition) is 4. The average Bonchev–Trinajstić information content (AvgIpc) is 2.50. The minimum absolute atomic E-state index is 0.0649. The molecule has 0 aliphatic heterocycles. The quantitative estimate of drug-likeness (QED) is 0.662. The smallest absolute Gasteiger partial charge is 0.355 e. The van der Waals surface area contributed by atoms with Gasteiger partial charge < -0.3 is 15.9 Å². The topological polar surface area (TPSA) is 101 Å². The lowest BCUT2D eigenvalue weighted by Crippen LogP contribution is -2.26.